The molecule has 3 N–H and O–H groups in total. The summed E-state index contributed by atoms with van der Waals surface area (Å²) in [6, 6.07) is 2.14. The monoisotopic (exact) mass is 221 g/mol. The molecule has 1 aromatic heterocycles. The first-order valence-electron chi connectivity index (χ1n) is 5.72. The molecule has 0 saturated carbocycles. The van der Waals surface area contributed by atoms with E-state index in [4.69, 9.17) is 10.6 Å². The Morgan fingerprint density at radius 2 is 2.44 bits per heavy atom. The largest absolute Gasteiger partial charge is 0.378 e. The molecule has 0 bridgehead atoms. The summed E-state index contributed by atoms with van der Waals surface area (Å²) < 4.78 is 5.59. The first-order chi connectivity index (χ1) is 7.74. The summed E-state index contributed by atoms with van der Waals surface area (Å²) in [5.74, 6) is 6.11. The van der Waals surface area contributed by atoms with Crippen LogP contribution in [0.2, 0.25) is 0 Å². The molecular weight excluding hydrogens is 202 g/mol. The second-order valence-corrected chi connectivity index (χ2v) is 4.41. The molecule has 2 rings (SSSR count). The van der Waals surface area contributed by atoms with Gasteiger partial charge in [0.15, 0.2) is 0 Å². The first kappa shape index (κ1) is 11.5. The van der Waals surface area contributed by atoms with Crippen LogP contribution in [0.1, 0.15) is 30.5 Å². The number of rotatable bonds is 3. The van der Waals surface area contributed by atoms with Crippen molar-refractivity contribution in [2.45, 2.75) is 32.4 Å². The Morgan fingerprint density at radius 3 is 3.00 bits per heavy atom. The molecule has 0 spiro atoms. The molecule has 0 aliphatic carbocycles. The molecule has 88 valence electrons. The van der Waals surface area contributed by atoms with Crippen LogP contribution in [0, 0.1) is 12.8 Å². The van der Waals surface area contributed by atoms with Gasteiger partial charge < -0.3 is 4.74 Å². The number of hydrogen-bond donors (Lipinski definition) is 2. The lowest BCUT2D eigenvalue weighted by atomic mass is 9.88. The van der Waals surface area contributed by atoms with E-state index in [9.17, 15) is 0 Å². The number of nitrogens with zero attached hydrogens (tertiary/aromatic N) is 1. The highest BCUT2D eigenvalue weighted by molar-refractivity contribution is 5.26. The number of aromatic nitrogens is 1. The lowest BCUT2D eigenvalue weighted by Gasteiger charge is -2.26. The normalized spacial score (nSPS) is 26.9. The molecule has 1 aromatic rings. The summed E-state index contributed by atoms with van der Waals surface area (Å²) in [6.45, 7) is 5.01. The zero-order valence-electron chi connectivity index (χ0n) is 9.81. The van der Waals surface area contributed by atoms with Crippen molar-refractivity contribution >= 4 is 0 Å². The SMILES string of the molecule is Cc1ccncc1C(NN)C1CCOC1C. The number of nitrogens with one attached hydrogen (secondary N) is 1. The number of pyridine rings is 1. The minimum absolute atomic E-state index is 0.131. The Balaban J connectivity index is 2.25. The van der Waals surface area contributed by atoms with E-state index in [1.165, 1.54) is 11.1 Å². The van der Waals surface area contributed by atoms with E-state index >= 15 is 0 Å². The fraction of sp³-hybridized carbons (Fsp3) is 0.583. The van der Waals surface area contributed by atoms with Crippen LogP contribution in [-0.4, -0.2) is 17.7 Å². The van der Waals surface area contributed by atoms with Gasteiger partial charge >= 0.3 is 0 Å². The molecule has 1 fully saturated rings. The molecule has 3 unspecified atom stereocenters. The van der Waals surface area contributed by atoms with Gasteiger partial charge in [-0.25, -0.2) is 0 Å². The summed E-state index contributed by atoms with van der Waals surface area (Å²) in [4.78, 5) is 4.17. The van der Waals surface area contributed by atoms with Crippen LogP contribution in [-0.2, 0) is 4.74 Å². The van der Waals surface area contributed by atoms with E-state index in [0.29, 0.717) is 5.92 Å². The predicted octanol–water partition coefficient (Wildman–Crippen LogP) is 1.32. The second kappa shape index (κ2) is 4.91. The van der Waals surface area contributed by atoms with E-state index in [1.54, 1.807) is 6.20 Å². The fourth-order valence-corrected chi connectivity index (χ4v) is 2.43. The maximum absolute atomic E-state index is 5.68. The van der Waals surface area contributed by atoms with Gasteiger partial charge in [0, 0.05) is 24.9 Å². The quantitative estimate of drug-likeness (QED) is 0.597. The highest BCUT2D eigenvalue weighted by Gasteiger charge is 2.32. The molecule has 4 heteroatoms. The third-order valence-electron chi connectivity index (χ3n) is 3.46. The molecule has 1 saturated heterocycles. The van der Waals surface area contributed by atoms with Crippen molar-refractivity contribution in [1.29, 1.82) is 0 Å². The Kier molecular flexibility index (Phi) is 3.53. The van der Waals surface area contributed by atoms with Crippen molar-refractivity contribution in [1.82, 2.24) is 10.4 Å². The zero-order chi connectivity index (χ0) is 11.5. The van der Waals surface area contributed by atoms with Crippen LogP contribution in [0.3, 0.4) is 0 Å². The van der Waals surface area contributed by atoms with Gasteiger partial charge in [-0.05, 0) is 37.5 Å². The minimum atomic E-state index is 0.131. The molecule has 2 heterocycles. The summed E-state index contributed by atoms with van der Waals surface area (Å²) in [5, 5.41) is 0. The summed E-state index contributed by atoms with van der Waals surface area (Å²) >= 11 is 0. The van der Waals surface area contributed by atoms with Gasteiger partial charge in [0.05, 0.1) is 12.1 Å². The van der Waals surface area contributed by atoms with Gasteiger partial charge in [-0.3, -0.25) is 16.3 Å². The van der Waals surface area contributed by atoms with Crippen LogP contribution in [0.15, 0.2) is 18.5 Å². The minimum Gasteiger partial charge on any atom is -0.378 e. The number of aryl methyl sites for hydroxylation is 1. The first-order valence-corrected chi connectivity index (χ1v) is 5.72. The average Bonchev–Trinajstić information content (AvgIpc) is 2.69. The van der Waals surface area contributed by atoms with Crippen molar-refractivity contribution in [2.24, 2.45) is 11.8 Å². The van der Waals surface area contributed by atoms with E-state index < -0.39 is 0 Å². The van der Waals surface area contributed by atoms with Gasteiger partial charge in [-0.2, -0.15) is 0 Å². The topological polar surface area (TPSA) is 60.2 Å². The van der Waals surface area contributed by atoms with Gasteiger partial charge in [-0.1, -0.05) is 0 Å². The average molecular weight is 221 g/mol. The number of hydrazine groups is 1. The molecule has 0 aromatic carbocycles. The number of nitrogens with two attached hydrogens (primary N) is 1. The molecule has 1 aliphatic rings. The van der Waals surface area contributed by atoms with E-state index in [1.807, 2.05) is 12.3 Å². The Morgan fingerprint density at radius 1 is 1.62 bits per heavy atom. The van der Waals surface area contributed by atoms with Crippen LogP contribution < -0.4 is 11.3 Å². The van der Waals surface area contributed by atoms with E-state index in [0.717, 1.165) is 13.0 Å². The Labute approximate surface area is 96.2 Å². The van der Waals surface area contributed by atoms with E-state index in [-0.39, 0.29) is 12.1 Å². The zero-order valence-corrected chi connectivity index (χ0v) is 9.81. The standard InChI is InChI=1S/C12H19N3O/c1-8-3-5-14-7-11(8)12(15-13)10-4-6-16-9(10)2/h3,5,7,9-10,12,15H,4,6,13H2,1-2H3. The van der Waals surface area contributed by atoms with Crippen molar-refractivity contribution in [3.05, 3.63) is 29.6 Å². The molecular formula is C12H19N3O. The van der Waals surface area contributed by atoms with Crippen LogP contribution >= 0.6 is 0 Å². The third kappa shape index (κ3) is 2.09. The lowest BCUT2D eigenvalue weighted by molar-refractivity contribution is 0.0953. The van der Waals surface area contributed by atoms with Crippen LogP contribution in [0.5, 0.6) is 0 Å². The van der Waals surface area contributed by atoms with Gasteiger partial charge in [-0.15, -0.1) is 0 Å². The Hall–Kier alpha value is -0.970. The molecule has 3 atom stereocenters. The number of ether oxygens (including phenoxy) is 1. The predicted molar refractivity (Wildman–Crippen MR) is 62.6 cm³/mol. The summed E-state index contributed by atoms with van der Waals surface area (Å²) in [6.07, 6.45) is 5.00. The lowest BCUT2D eigenvalue weighted by Crippen LogP contribution is -2.36. The van der Waals surface area contributed by atoms with Crippen molar-refractivity contribution < 1.29 is 4.74 Å². The highest BCUT2D eigenvalue weighted by atomic mass is 16.5. The van der Waals surface area contributed by atoms with Crippen molar-refractivity contribution in [3.63, 3.8) is 0 Å². The molecule has 4 nitrogen and oxygen atoms in total. The molecule has 0 amide bonds. The van der Waals surface area contributed by atoms with Gasteiger partial charge in [0.25, 0.3) is 0 Å². The van der Waals surface area contributed by atoms with Crippen molar-refractivity contribution in [3.8, 4) is 0 Å². The van der Waals surface area contributed by atoms with Gasteiger partial charge in [0.2, 0.25) is 0 Å². The third-order valence-corrected chi connectivity index (χ3v) is 3.46. The van der Waals surface area contributed by atoms with Crippen LogP contribution in [0.4, 0.5) is 0 Å². The van der Waals surface area contributed by atoms with E-state index in [2.05, 4.69) is 24.3 Å². The second-order valence-electron chi connectivity index (χ2n) is 4.41. The summed E-state index contributed by atoms with van der Waals surface area (Å²) in [7, 11) is 0. The Bertz CT molecular complexity index is 356. The maximum atomic E-state index is 5.68. The van der Waals surface area contributed by atoms with Crippen molar-refractivity contribution in [2.75, 3.05) is 6.61 Å². The smallest absolute Gasteiger partial charge is 0.0594 e. The highest BCUT2D eigenvalue weighted by Crippen LogP contribution is 2.33. The summed E-state index contributed by atoms with van der Waals surface area (Å²) in [5.41, 5.74) is 5.30. The fourth-order valence-electron chi connectivity index (χ4n) is 2.43. The van der Waals surface area contributed by atoms with Gasteiger partial charge in [0.1, 0.15) is 0 Å². The molecule has 1 aliphatic heterocycles. The molecule has 0 radical (unpaired) electrons. The molecule has 16 heavy (non-hydrogen) atoms. The maximum Gasteiger partial charge on any atom is 0.0594 e. The van der Waals surface area contributed by atoms with Crippen LogP contribution in [0.25, 0.3) is 0 Å². The number of hydrogen-bond acceptors (Lipinski definition) is 4.